The number of para-hydroxylation sites is 2. The van der Waals surface area contributed by atoms with Crippen LogP contribution in [0, 0.1) is 0 Å². The molecule has 1 N–H and O–H groups in total. The molecule has 0 aliphatic carbocycles. The Morgan fingerprint density at radius 1 is 0.970 bits per heavy atom. The van der Waals surface area contributed by atoms with Crippen LogP contribution < -0.4 is 15.0 Å². The summed E-state index contributed by atoms with van der Waals surface area (Å²) >= 11 is 0. The van der Waals surface area contributed by atoms with Crippen molar-refractivity contribution in [3.8, 4) is 11.5 Å². The summed E-state index contributed by atoms with van der Waals surface area (Å²) in [6, 6.07) is 22.6. The molecule has 0 atom stereocenters. The monoisotopic (exact) mass is 442 g/mol. The van der Waals surface area contributed by atoms with E-state index in [4.69, 9.17) is 9.47 Å². The second-order valence-corrected chi connectivity index (χ2v) is 8.34. The van der Waals surface area contributed by atoms with Gasteiger partial charge < -0.3 is 19.7 Å². The quantitative estimate of drug-likeness (QED) is 0.607. The van der Waals surface area contributed by atoms with E-state index >= 15 is 0 Å². The van der Waals surface area contributed by atoms with Gasteiger partial charge in [0, 0.05) is 25.4 Å². The Balaban J connectivity index is 1.48. The highest BCUT2D eigenvalue weighted by molar-refractivity contribution is 6.10. The van der Waals surface area contributed by atoms with E-state index in [1.54, 1.807) is 23.1 Å². The van der Waals surface area contributed by atoms with E-state index < -0.39 is 5.41 Å². The molecule has 5 rings (SSSR count). The van der Waals surface area contributed by atoms with E-state index in [0.717, 1.165) is 11.3 Å². The molecule has 0 unspecified atom stereocenters. The highest BCUT2D eigenvalue weighted by atomic mass is 16.5. The maximum absolute atomic E-state index is 13.6. The topological polar surface area (TPSA) is 67.9 Å². The Kier molecular flexibility index (Phi) is 5.60. The molecule has 2 aliphatic rings. The lowest BCUT2D eigenvalue weighted by atomic mass is 9.73. The molecule has 3 aromatic carbocycles. The molecule has 0 bridgehead atoms. The lowest BCUT2D eigenvalue weighted by Crippen LogP contribution is -2.44. The Bertz CT molecular complexity index is 1190. The number of hydrogen-bond acceptors (Lipinski definition) is 4. The second-order valence-electron chi connectivity index (χ2n) is 8.34. The number of rotatable bonds is 4. The van der Waals surface area contributed by atoms with Gasteiger partial charge in [0.25, 0.3) is 5.91 Å². The van der Waals surface area contributed by atoms with Crippen molar-refractivity contribution in [3.63, 3.8) is 0 Å². The first-order chi connectivity index (χ1) is 16.1. The molecule has 6 nitrogen and oxygen atoms in total. The lowest BCUT2D eigenvalue weighted by molar-refractivity contribution is -0.125. The van der Waals surface area contributed by atoms with E-state index in [1.165, 1.54) is 0 Å². The molecule has 168 valence electrons. The minimum Gasteiger partial charge on any atom is -0.454 e. The van der Waals surface area contributed by atoms with Crippen LogP contribution in [0.2, 0.25) is 0 Å². The third-order valence-electron chi connectivity index (χ3n) is 6.51. The third-order valence-corrected chi connectivity index (χ3v) is 6.51. The van der Waals surface area contributed by atoms with Gasteiger partial charge in [-0.3, -0.25) is 9.59 Å². The number of nitrogens with one attached hydrogen (secondary N) is 1. The molecule has 2 heterocycles. The SMILES string of the molecule is CCN1C(=O)c2cc(NC(=O)C3(c4ccccc4)CCOCC3)ccc2Oc2ccccc21. The van der Waals surface area contributed by atoms with Gasteiger partial charge in [0.1, 0.15) is 5.75 Å². The maximum Gasteiger partial charge on any atom is 0.262 e. The van der Waals surface area contributed by atoms with Crippen molar-refractivity contribution in [2.24, 2.45) is 0 Å². The normalized spacial score (nSPS) is 16.8. The summed E-state index contributed by atoms with van der Waals surface area (Å²) in [6.07, 6.45) is 1.21. The van der Waals surface area contributed by atoms with Crippen LogP contribution in [-0.2, 0) is 14.9 Å². The van der Waals surface area contributed by atoms with Crippen molar-refractivity contribution >= 4 is 23.2 Å². The number of anilines is 2. The van der Waals surface area contributed by atoms with Crippen LogP contribution in [0.5, 0.6) is 11.5 Å². The van der Waals surface area contributed by atoms with Crippen molar-refractivity contribution in [3.05, 3.63) is 83.9 Å². The van der Waals surface area contributed by atoms with Gasteiger partial charge in [-0.2, -0.15) is 0 Å². The van der Waals surface area contributed by atoms with Crippen molar-refractivity contribution in [1.82, 2.24) is 0 Å². The highest BCUT2D eigenvalue weighted by Crippen LogP contribution is 2.40. The summed E-state index contributed by atoms with van der Waals surface area (Å²) in [7, 11) is 0. The van der Waals surface area contributed by atoms with Crippen molar-refractivity contribution in [2.45, 2.75) is 25.2 Å². The smallest absolute Gasteiger partial charge is 0.262 e. The number of carbonyl (C=O) groups is 2. The Hall–Kier alpha value is -3.64. The molecule has 1 fully saturated rings. The molecule has 3 aromatic rings. The summed E-state index contributed by atoms with van der Waals surface area (Å²) in [5.74, 6) is 0.866. The van der Waals surface area contributed by atoms with Gasteiger partial charge in [-0.1, -0.05) is 42.5 Å². The van der Waals surface area contributed by atoms with Gasteiger partial charge in [-0.25, -0.2) is 0 Å². The van der Waals surface area contributed by atoms with E-state index in [-0.39, 0.29) is 11.8 Å². The molecule has 1 saturated heterocycles. The Labute approximate surface area is 193 Å². The number of carbonyl (C=O) groups excluding carboxylic acids is 2. The average Bonchev–Trinajstić information content (AvgIpc) is 2.98. The Morgan fingerprint density at radius 2 is 1.70 bits per heavy atom. The standard InChI is InChI=1S/C27H26N2O4/c1-2-29-22-10-6-7-11-24(22)33-23-13-12-20(18-21(23)25(29)30)28-26(31)27(14-16-32-17-15-27)19-8-4-3-5-9-19/h3-13,18H,2,14-17H2,1H3,(H,28,31). The molecule has 6 heteroatoms. The minimum atomic E-state index is -0.668. The van der Waals surface area contributed by atoms with Gasteiger partial charge in [0.15, 0.2) is 5.75 Å². The molecule has 2 amide bonds. The van der Waals surface area contributed by atoms with E-state index in [0.29, 0.717) is 55.4 Å². The summed E-state index contributed by atoms with van der Waals surface area (Å²) in [4.78, 5) is 28.7. The zero-order valence-corrected chi connectivity index (χ0v) is 18.5. The van der Waals surface area contributed by atoms with Gasteiger partial charge >= 0.3 is 0 Å². The van der Waals surface area contributed by atoms with E-state index in [2.05, 4.69) is 5.32 Å². The minimum absolute atomic E-state index is 0.0884. The molecule has 0 radical (unpaired) electrons. The molecule has 0 spiro atoms. The maximum atomic E-state index is 13.6. The van der Waals surface area contributed by atoms with Crippen molar-refractivity contribution in [1.29, 1.82) is 0 Å². The summed E-state index contributed by atoms with van der Waals surface area (Å²) in [5, 5.41) is 3.08. The molecule has 0 saturated carbocycles. The van der Waals surface area contributed by atoms with Crippen molar-refractivity contribution in [2.75, 3.05) is 30.0 Å². The first kappa shape index (κ1) is 21.2. The van der Waals surface area contributed by atoms with Crippen molar-refractivity contribution < 1.29 is 19.1 Å². The fraction of sp³-hybridized carbons (Fsp3) is 0.259. The molecule has 2 aliphatic heterocycles. The van der Waals surface area contributed by atoms with Gasteiger partial charge in [0.2, 0.25) is 5.91 Å². The highest BCUT2D eigenvalue weighted by Gasteiger charge is 2.41. The largest absolute Gasteiger partial charge is 0.454 e. The first-order valence-corrected chi connectivity index (χ1v) is 11.3. The zero-order valence-electron chi connectivity index (χ0n) is 18.5. The molecular formula is C27H26N2O4. The van der Waals surface area contributed by atoms with E-state index in [9.17, 15) is 9.59 Å². The predicted molar refractivity (Wildman–Crippen MR) is 127 cm³/mol. The predicted octanol–water partition coefficient (Wildman–Crippen LogP) is 5.15. The van der Waals surface area contributed by atoms with Crippen LogP contribution in [-0.4, -0.2) is 31.6 Å². The van der Waals surface area contributed by atoms with Crippen LogP contribution in [0.25, 0.3) is 0 Å². The number of nitrogens with zero attached hydrogens (tertiary/aromatic N) is 1. The summed E-state index contributed by atoms with van der Waals surface area (Å²) < 4.78 is 11.6. The fourth-order valence-corrected chi connectivity index (χ4v) is 4.69. The zero-order chi connectivity index (χ0) is 22.8. The second kappa shape index (κ2) is 8.71. The van der Waals surface area contributed by atoms with Gasteiger partial charge in [0.05, 0.1) is 16.7 Å². The van der Waals surface area contributed by atoms with Gasteiger partial charge in [-0.05, 0) is 55.7 Å². The van der Waals surface area contributed by atoms with Crippen LogP contribution in [0.4, 0.5) is 11.4 Å². The summed E-state index contributed by atoms with van der Waals surface area (Å²) in [6.45, 7) is 3.50. The first-order valence-electron chi connectivity index (χ1n) is 11.3. The van der Waals surface area contributed by atoms with Crippen LogP contribution in [0.3, 0.4) is 0 Å². The number of benzene rings is 3. The number of hydrogen-bond donors (Lipinski definition) is 1. The average molecular weight is 443 g/mol. The number of fused-ring (bicyclic) bond motifs is 2. The van der Waals surface area contributed by atoms with E-state index in [1.807, 2.05) is 61.5 Å². The molecule has 0 aromatic heterocycles. The molecular weight excluding hydrogens is 416 g/mol. The third kappa shape index (κ3) is 3.76. The summed E-state index contributed by atoms with van der Waals surface area (Å²) in [5.41, 5.74) is 2.04. The van der Waals surface area contributed by atoms with Gasteiger partial charge in [-0.15, -0.1) is 0 Å². The fourth-order valence-electron chi connectivity index (χ4n) is 4.69. The lowest BCUT2D eigenvalue weighted by Gasteiger charge is -2.36. The van der Waals surface area contributed by atoms with Crippen LogP contribution in [0.1, 0.15) is 35.7 Å². The van der Waals surface area contributed by atoms with Crippen LogP contribution in [0.15, 0.2) is 72.8 Å². The Morgan fingerprint density at radius 3 is 2.45 bits per heavy atom. The number of amides is 2. The number of ether oxygens (including phenoxy) is 2. The molecule has 33 heavy (non-hydrogen) atoms. The van der Waals surface area contributed by atoms with Crippen LogP contribution >= 0.6 is 0 Å².